The molecule has 1 unspecified atom stereocenters. The van der Waals surface area contributed by atoms with Crippen LogP contribution in [-0.4, -0.2) is 6.61 Å². The van der Waals surface area contributed by atoms with Crippen molar-refractivity contribution in [2.45, 2.75) is 25.8 Å². The third-order valence-electron chi connectivity index (χ3n) is 3.70. The smallest absolute Gasteiger partial charge is 0.127 e. The van der Waals surface area contributed by atoms with Crippen LogP contribution in [0.5, 0.6) is 5.75 Å². The molecule has 1 atom stereocenters. The van der Waals surface area contributed by atoms with Crippen molar-refractivity contribution >= 4 is 0 Å². The summed E-state index contributed by atoms with van der Waals surface area (Å²) in [5.74, 6) is 1.00. The van der Waals surface area contributed by atoms with Crippen LogP contribution in [0.4, 0.5) is 0 Å². The molecule has 2 heteroatoms. The molecule has 0 amide bonds. The van der Waals surface area contributed by atoms with Gasteiger partial charge in [0.15, 0.2) is 0 Å². The lowest BCUT2D eigenvalue weighted by molar-refractivity contribution is 0.284. The van der Waals surface area contributed by atoms with Crippen molar-refractivity contribution in [2.75, 3.05) is 6.61 Å². The van der Waals surface area contributed by atoms with Gasteiger partial charge in [-0.1, -0.05) is 48.0 Å². The number of ether oxygens (including phenoxy) is 1. The zero-order valence-electron chi connectivity index (χ0n) is 11.2. The molecule has 1 aliphatic heterocycles. The summed E-state index contributed by atoms with van der Waals surface area (Å²) in [6.45, 7) is 2.89. The maximum absolute atomic E-state index is 6.43. The Morgan fingerprint density at radius 3 is 2.84 bits per heavy atom. The largest absolute Gasteiger partial charge is 0.493 e. The number of para-hydroxylation sites is 1. The fourth-order valence-electron chi connectivity index (χ4n) is 2.70. The molecule has 0 radical (unpaired) electrons. The predicted molar refractivity (Wildman–Crippen MR) is 77.5 cm³/mol. The molecule has 3 rings (SSSR count). The molecule has 0 spiro atoms. The average molecular weight is 253 g/mol. The summed E-state index contributed by atoms with van der Waals surface area (Å²) in [7, 11) is 0. The Balaban J connectivity index is 2.02. The van der Waals surface area contributed by atoms with Crippen molar-refractivity contribution < 1.29 is 4.74 Å². The second-order valence-electron chi connectivity index (χ2n) is 5.18. The lowest BCUT2D eigenvalue weighted by atomic mass is 9.93. The van der Waals surface area contributed by atoms with E-state index in [0.717, 1.165) is 36.3 Å². The third-order valence-corrected chi connectivity index (χ3v) is 3.70. The van der Waals surface area contributed by atoms with E-state index in [1.807, 2.05) is 0 Å². The first-order chi connectivity index (χ1) is 9.25. The Kier molecular flexibility index (Phi) is 3.26. The molecule has 98 valence electrons. The number of rotatable bonds is 2. The van der Waals surface area contributed by atoms with Gasteiger partial charge in [0.2, 0.25) is 0 Å². The Morgan fingerprint density at radius 1 is 1.16 bits per heavy atom. The van der Waals surface area contributed by atoms with Crippen LogP contribution in [0.2, 0.25) is 0 Å². The Morgan fingerprint density at radius 2 is 2.00 bits per heavy atom. The number of fused-ring (bicyclic) bond motifs is 1. The van der Waals surface area contributed by atoms with Crippen molar-refractivity contribution in [1.82, 2.24) is 0 Å². The van der Waals surface area contributed by atoms with Crippen LogP contribution in [0.1, 0.15) is 34.7 Å². The van der Waals surface area contributed by atoms with Crippen molar-refractivity contribution in [3.8, 4) is 5.75 Å². The minimum atomic E-state index is -0.118. The van der Waals surface area contributed by atoms with Gasteiger partial charge in [0.25, 0.3) is 0 Å². The first-order valence-corrected chi connectivity index (χ1v) is 6.82. The molecule has 2 nitrogen and oxygen atoms in total. The quantitative estimate of drug-likeness (QED) is 0.890. The van der Waals surface area contributed by atoms with Crippen LogP contribution in [-0.2, 0) is 6.42 Å². The molecule has 19 heavy (non-hydrogen) atoms. The van der Waals surface area contributed by atoms with E-state index >= 15 is 0 Å². The first kappa shape index (κ1) is 12.2. The zero-order chi connectivity index (χ0) is 13.2. The molecule has 0 fully saturated rings. The molecule has 0 saturated carbocycles. The standard InChI is InChI=1S/C17H19NO/c1-12-5-2-7-14(11-12)16(18)15-9-3-6-13-8-4-10-19-17(13)15/h2-3,5-7,9,11,16H,4,8,10,18H2,1H3. The molecule has 2 N–H and O–H groups in total. The highest BCUT2D eigenvalue weighted by Crippen LogP contribution is 2.34. The van der Waals surface area contributed by atoms with Gasteiger partial charge >= 0.3 is 0 Å². The molecule has 0 aromatic heterocycles. The summed E-state index contributed by atoms with van der Waals surface area (Å²) in [5.41, 5.74) is 11.2. The van der Waals surface area contributed by atoms with Crippen molar-refractivity contribution in [1.29, 1.82) is 0 Å². The Labute approximate surface area is 114 Å². The van der Waals surface area contributed by atoms with Crippen LogP contribution in [0.25, 0.3) is 0 Å². The molecule has 0 aliphatic carbocycles. The molecule has 1 heterocycles. The normalized spacial score (nSPS) is 15.5. The molecule has 2 aromatic carbocycles. The van der Waals surface area contributed by atoms with Crippen molar-refractivity contribution in [3.63, 3.8) is 0 Å². The second kappa shape index (κ2) is 5.06. The summed E-state index contributed by atoms with van der Waals surface area (Å²) in [6, 6.07) is 14.6. The van der Waals surface area contributed by atoms with E-state index < -0.39 is 0 Å². The van der Waals surface area contributed by atoms with Crippen LogP contribution in [0.3, 0.4) is 0 Å². The number of hydrogen-bond donors (Lipinski definition) is 1. The highest BCUT2D eigenvalue weighted by Gasteiger charge is 2.19. The summed E-state index contributed by atoms with van der Waals surface area (Å²) in [6.07, 6.45) is 2.18. The molecular weight excluding hydrogens is 234 g/mol. The van der Waals surface area contributed by atoms with Gasteiger partial charge in [-0.2, -0.15) is 0 Å². The van der Waals surface area contributed by atoms with Crippen LogP contribution >= 0.6 is 0 Å². The van der Waals surface area contributed by atoms with E-state index in [2.05, 4.69) is 49.4 Å². The third kappa shape index (κ3) is 2.36. The van der Waals surface area contributed by atoms with Gasteiger partial charge in [-0.25, -0.2) is 0 Å². The number of benzene rings is 2. The topological polar surface area (TPSA) is 35.2 Å². The fraction of sp³-hybridized carbons (Fsp3) is 0.294. The monoisotopic (exact) mass is 253 g/mol. The van der Waals surface area contributed by atoms with E-state index in [9.17, 15) is 0 Å². The van der Waals surface area contributed by atoms with E-state index in [1.165, 1.54) is 11.1 Å². The molecular formula is C17H19NO. The number of nitrogens with two attached hydrogens (primary N) is 1. The van der Waals surface area contributed by atoms with Crippen molar-refractivity contribution in [2.24, 2.45) is 5.73 Å². The maximum atomic E-state index is 6.43. The van der Waals surface area contributed by atoms with Crippen molar-refractivity contribution in [3.05, 3.63) is 64.7 Å². The summed E-state index contributed by atoms with van der Waals surface area (Å²) in [4.78, 5) is 0. The van der Waals surface area contributed by atoms with E-state index in [0.29, 0.717) is 0 Å². The Hall–Kier alpha value is -1.80. The number of aryl methyl sites for hydroxylation is 2. The molecule has 0 saturated heterocycles. The summed E-state index contributed by atoms with van der Waals surface area (Å²) >= 11 is 0. The van der Waals surface area contributed by atoms with Crippen LogP contribution in [0.15, 0.2) is 42.5 Å². The fourth-order valence-corrected chi connectivity index (χ4v) is 2.70. The minimum Gasteiger partial charge on any atom is -0.493 e. The van der Waals surface area contributed by atoms with Gasteiger partial charge in [-0.3, -0.25) is 0 Å². The number of hydrogen-bond acceptors (Lipinski definition) is 2. The first-order valence-electron chi connectivity index (χ1n) is 6.82. The zero-order valence-corrected chi connectivity index (χ0v) is 11.2. The van der Waals surface area contributed by atoms with Gasteiger partial charge in [-0.05, 0) is 30.9 Å². The lowest BCUT2D eigenvalue weighted by Gasteiger charge is -2.23. The van der Waals surface area contributed by atoms with Gasteiger partial charge < -0.3 is 10.5 Å². The molecule has 1 aliphatic rings. The Bertz CT molecular complexity index is 592. The van der Waals surface area contributed by atoms with Gasteiger partial charge in [0, 0.05) is 5.56 Å². The SMILES string of the molecule is Cc1cccc(C(N)c2cccc3c2OCCC3)c1. The maximum Gasteiger partial charge on any atom is 0.127 e. The van der Waals surface area contributed by atoms with Crippen LogP contribution in [0, 0.1) is 6.92 Å². The lowest BCUT2D eigenvalue weighted by Crippen LogP contribution is -2.17. The minimum absolute atomic E-state index is 0.118. The van der Waals surface area contributed by atoms with E-state index in [1.54, 1.807) is 0 Å². The van der Waals surface area contributed by atoms with Gasteiger partial charge in [-0.15, -0.1) is 0 Å². The molecule has 2 aromatic rings. The molecule has 0 bridgehead atoms. The van der Waals surface area contributed by atoms with Crippen LogP contribution < -0.4 is 10.5 Å². The predicted octanol–water partition coefficient (Wildman–Crippen LogP) is 3.37. The van der Waals surface area contributed by atoms with E-state index in [-0.39, 0.29) is 6.04 Å². The summed E-state index contributed by atoms with van der Waals surface area (Å²) in [5, 5.41) is 0. The van der Waals surface area contributed by atoms with Gasteiger partial charge in [0.05, 0.1) is 12.6 Å². The average Bonchev–Trinajstić information content (AvgIpc) is 2.46. The van der Waals surface area contributed by atoms with Gasteiger partial charge in [0.1, 0.15) is 5.75 Å². The highest BCUT2D eigenvalue weighted by molar-refractivity contribution is 5.47. The second-order valence-corrected chi connectivity index (χ2v) is 5.18. The summed E-state index contributed by atoms with van der Waals surface area (Å²) < 4.78 is 5.85. The van der Waals surface area contributed by atoms with E-state index in [4.69, 9.17) is 10.5 Å². The highest BCUT2D eigenvalue weighted by atomic mass is 16.5.